The van der Waals surface area contributed by atoms with Gasteiger partial charge in [0.2, 0.25) is 0 Å². The maximum Gasteiger partial charge on any atom is 0.315 e. The van der Waals surface area contributed by atoms with Crippen molar-refractivity contribution in [2.75, 3.05) is 10.6 Å². The first-order valence-corrected chi connectivity index (χ1v) is 5.65. The summed E-state index contributed by atoms with van der Waals surface area (Å²) in [5.74, 6) is -1.13. The van der Waals surface area contributed by atoms with Gasteiger partial charge in [-0.3, -0.25) is 14.9 Å². The molecule has 0 aliphatic heterocycles. The smallest absolute Gasteiger partial charge is 0.315 e. The van der Waals surface area contributed by atoms with Crippen LogP contribution >= 0.6 is 0 Å². The second-order valence-corrected chi connectivity index (χ2v) is 3.89. The molecule has 2 amide bonds. The van der Waals surface area contributed by atoms with Crippen LogP contribution in [-0.2, 0) is 9.59 Å². The van der Waals surface area contributed by atoms with Gasteiger partial charge in [-0.05, 0) is 19.1 Å². The average Bonchev–Trinajstić information content (AvgIpc) is 2.84. The average molecular weight is 270 g/mol. The molecule has 20 heavy (non-hydrogen) atoms. The van der Waals surface area contributed by atoms with Crippen molar-refractivity contribution < 1.29 is 14.1 Å². The van der Waals surface area contributed by atoms with Gasteiger partial charge in [-0.25, -0.2) is 0 Å². The van der Waals surface area contributed by atoms with Gasteiger partial charge in [0.05, 0.1) is 11.3 Å². The number of rotatable bonds is 2. The van der Waals surface area contributed by atoms with Crippen LogP contribution in [0.3, 0.4) is 0 Å². The molecular formula is C13H10N4O3. The van der Waals surface area contributed by atoms with Gasteiger partial charge >= 0.3 is 11.8 Å². The fourth-order valence-corrected chi connectivity index (χ4v) is 1.47. The molecule has 0 saturated carbocycles. The van der Waals surface area contributed by atoms with Crippen LogP contribution in [0.15, 0.2) is 34.9 Å². The van der Waals surface area contributed by atoms with Crippen molar-refractivity contribution in [3.63, 3.8) is 0 Å². The molecule has 1 aromatic heterocycles. The number of anilines is 2. The summed E-state index contributed by atoms with van der Waals surface area (Å²) >= 11 is 0. The molecule has 7 heteroatoms. The molecule has 0 atom stereocenters. The van der Waals surface area contributed by atoms with Crippen LogP contribution < -0.4 is 10.6 Å². The van der Waals surface area contributed by atoms with Crippen LogP contribution in [0.1, 0.15) is 11.3 Å². The van der Waals surface area contributed by atoms with Crippen molar-refractivity contribution in [1.29, 1.82) is 5.26 Å². The first kappa shape index (κ1) is 13.3. The number of hydrogen-bond acceptors (Lipinski definition) is 5. The minimum atomic E-state index is -0.897. The third-order valence-corrected chi connectivity index (χ3v) is 2.37. The van der Waals surface area contributed by atoms with Gasteiger partial charge in [-0.2, -0.15) is 5.26 Å². The molecule has 0 unspecified atom stereocenters. The number of nitrogens with one attached hydrogen (secondary N) is 2. The van der Waals surface area contributed by atoms with E-state index >= 15 is 0 Å². The third-order valence-electron chi connectivity index (χ3n) is 2.37. The lowest BCUT2D eigenvalue weighted by Crippen LogP contribution is -2.29. The Kier molecular flexibility index (Phi) is 3.77. The van der Waals surface area contributed by atoms with Crippen molar-refractivity contribution in [3.8, 4) is 6.07 Å². The summed E-state index contributed by atoms with van der Waals surface area (Å²) in [6, 6.07) is 9.77. The van der Waals surface area contributed by atoms with Crippen LogP contribution in [-0.4, -0.2) is 17.0 Å². The van der Waals surface area contributed by atoms with E-state index in [1.807, 2.05) is 6.07 Å². The van der Waals surface area contributed by atoms with Gasteiger partial charge in [0.1, 0.15) is 11.8 Å². The van der Waals surface area contributed by atoms with Crippen molar-refractivity contribution in [2.45, 2.75) is 6.92 Å². The fraction of sp³-hybridized carbons (Fsp3) is 0.0769. The van der Waals surface area contributed by atoms with Gasteiger partial charge in [0.25, 0.3) is 0 Å². The molecule has 2 aromatic rings. The zero-order valence-corrected chi connectivity index (χ0v) is 10.5. The number of aromatic nitrogens is 1. The van der Waals surface area contributed by atoms with Gasteiger partial charge in [-0.15, -0.1) is 0 Å². The van der Waals surface area contributed by atoms with E-state index in [1.165, 1.54) is 18.2 Å². The maximum absolute atomic E-state index is 11.7. The van der Waals surface area contributed by atoms with E-state index in [-0.39, 0.29) is 17.1 Å². The van der Waals surface area contributed by atoms with Crippen LogP contribution in [0.25, 0.3) is 0 Å². The fourth-order valence-electron chi connectivity index (χ4n) is 1.47. The molecule has 100 valence electrons. The number of amides is 2. The standard InChI is InChI=1S/C13H10N4O3/c1-8-6-11(17-20-8)16-13(19)12(18)15-10-5-3-2-4-9(10)7-14/h2-6H,1H3,(H,15,18)(H,16,17,19). The minimum Gasteiger partial charge on any atom is -0.360 e. The molecule has 1 aromatic carbocycles. The molecular weight excluding hydrogens is 260 g/mol. The van der Waals surface area contributed by atoms with Crippen LogP contribution in [0, 0.1) is 18.3 Å². The Labute approximate surface area is 114 Å². The predicted molar refractivity (Wildman–Crippen MR) is 69.7 cm³/mol. The van der Waals surface area contributed by atoms with E-state index < -0.39 is 11.8 Å². The van der Waals surface area contributed by atoms with Crippen LogP contribution in [0.4, 0.5) is 11.5 Å². The number of hydrogen-bond donors (Lipinski definition) is 2. The van der Waals surface area contributed by atoms with Crippen molar-refractivity contribution >= 4 is 23.3 Å². The molecule has 0 aliphatic carbocycles. The maximum atomic E-state index is 11.7. The second-order valence-electron chi connectivity index (χ2n) is 3.89. The quantitative estimate of drug-likeness (QED) is 0.802. The number of benzene rings is 1. The van der Waals surface area contributed by atoms with Crippen molar-refractivity contribution in [2.24, 2.45) is 0 Å². The number of carbonyl (C=O) groups excluding carboxylic acids is 2. The number of aryl methyl sites for hydroxylation is 1. The summed E-state index contributed by atoms with van der Waals surface area (Å²) < 4.78 is 4.76. The Morgan fingerprint density at radius 3 is 2.60 bits per heavy atom. The molecule has 1 heterocycles. The topological polar surface area (TPSA) is 108 Å². The highest BCUT2D eigenvalue weighted by molar-refractivity contribution is 6.43. The molecule has 7 nitrogen and oxygen atoms in total. The Bertz CT molecular complexity index is 700. The van der Waals surface area contributed by atoms with Gasteiger partial charge in [0, 0.05) is 6.07 Å². The van der Waals surface area contributed by atoms with E-state index in [0.717, 1.165) is 0 Å². The molecule has 0 fully saturated rings. The highest BCUT2D eigenvalue weighted by atomic mass is 16.5. The number of nitrogens with zero attached hydrogens (tertiary/aromatic N) is 2. The van der Waals surface area contributed by atoms with Gasteiger partial charge in [0.15, 0.2) is 5.82 Å². The summed E-state index contributed by atoms with van der Waals surface area (Å²) in [6.07, 6.45) is 0. The normalized spacial score (nSPS) is 9.60. The van der Waals surface area contributed by atoms with Crippen molar-refractivity contribution in [1.82, 2.24) is 5.16 Å². The summed E-state index contributed by atoms with van der Waals surface area (Å²) in [4.78, 5) is 23.3. The molecule has 0 aliphatic rings. The molecule has 2 N–H and O–H groups in total. The summed E-state index contributed by atoms with van der Waals surface area (Å²) in [7, 11) is 0. The lowest BCUT2D eigenvalue weighted by atomic mass is 10.2. The number of carbonyl (C=O) groups is 2. The Hall–Kier alpha value is -3.14. The SMILES string of the molecule is Cc1cc(NC(=O)C(=O)Nc2ccccc2C#N)no1. The lowest BCUT2D eigenvalue weighted by Gasteiger charge is -2.05. The minimum absolute atomic E-state index is 0.149. The van der Waals surface area contributed by atoms with Crippen LogP contribution in [0.2, 0.25) is 0 Å². The van der Waals surface area contributed by atoms with Gasteiger partial charge in [-0.1, -0.05) is 17.3 Å². The summed E-state index contributed by atoms with van der Waals surface area (Å²) in [5, 5.41) is 17.1. The molecule has 2 rings (SSSR count). The first-order chi connectivity index (χ1) is 9.60. The molecule has 0 bridgehead atoms. The molecule has 0 saturated heterocycles. The van der Waals surface area contributed by atoms with E-state index in [0.29, 0.717) is 5.76 Å². The van der Waals surface area contributed by atoms with E-state index in [2.05, 4.69) is 15.8 Å². The Morgan fingerprint density at radius 1 is 1.25 bits per heavy atom. The zero-order valence-electron chi connectivity index (χ0n) is 10.5. The van der Waals surface area contributed by atoms with E-state index in [9.17, 15) is 9.59 Å². The Balaban J connectivity index is 2.05. The van der Waals surface area contributed by atoms with E-state index in [1.54, 1.807) is 19.1 Å². The second kappa shape index (κ2) is 5.67. The van der Waals surface area contributed by atoms with Crippen molar-refractivity contribution in [3.05, 3.63) is 41.7 Å². The molecule has 0 radical (unpaired) electrons. The predicted octanol–water partition coefficient (Wildman–Crippen LogP) is 1.43. The monoisotopic (exact) mass is 270 g/mol. The zero-order chi connectivity index (χ0) is 14.5. The summed E-state index contributed by atoms with van der Waals surface area (Å²) in [5.41, 5.74) is 0.539. The highest BCUT2D eigenvalue weighted by Crippen LogP contribution is 2.13. The first-order valence-electron chi connectivity index (χ1n) is 5.65. The van der Waals surface area contributed by atoms with Crippen LogP contribution in [0.5, 0.6) is 0 Å². The summed E-state index contributed by atoms with van der Waals surface area (Å²) in [6.45, 7) is 1.66. The number of nitriles is 1. The molecule has 0 spiro atoms. The van der Waals surface area contributed by atoms with E-state index in [4.69, 9.17) is 9.78 Å². The highest BCUT2D eigenvalue weighted by Gasteiger charge is 2.16. The lowest BCUT2D eigenvalue weighted by molar-refractivity contribution is -0.133. The number of para-hydroxylation sites is 1. The Morgan fingerprint density at radius 2 is 1.95 bits per heavy atom. The van der Waals surface area contributed by atoms with Gasteiger partial charge < -0.3 is 9.84 Å². The largest absolute Gasteiger partial charge is 0.360 e. The third kappa shape index (κ3) is 3.00.